The van der Waals surface area contributed by atoms with Gasteiger partial charge in [-0.05, 0) is 36.8 Å². The van der Waals surface area contributed by atoms with Gasteiger partial charge in [-0.15, -0.1) is 0 Å². The summed E-state index contributed by atoms with van der Waals surface area (Å²) >= 11 is 0. The van der Waals surface area contributed by atoms with Gasteiger partial charge in [0.05, 0.1) is 23.9 Å². The lowest BCUT2D eigenvalue weighted by Crippen LogP contribution is -2.27. The maximum Gasteiger partial charge on any atom is 0.329 e. The van der Waals surface area contributed by atoms with E-state index in [0.29, 0.717) is 17.8 Å². The van der Waals surface area contributed by atoms with Gasteiger partial charge in [0.15, 0.2) is 0 Å². The molecule has 3 aromatic rings. The summed E-state index contributed by atoms with van der Waals surface area (Å²) < 4.78 is 7.42. The van der Waals surface area contributed by atoms with Crippen molar-refractivity contribution in [1.82, 2.24) is 9.88 Å². The molecule has 7 nitrogen and oxygen atoms in total. The van der Waals surface area contributed by atoms with Crippen molar-refractivity contribution in [1.29, 1.82) is 5.26 Å². The number of nitrogens with one attached hydrogen (secondary N) is 1. The SMILES string of the molecule is CCn1c(-c2ccc(N3CC(=O)NC3=O)cc2)c(C#N)c2ccc(OC)cc21. The second kappa shape index (κ2) is 6.74. The predicted molar refractivity (Wildman–Crippen MR) is 105 cm³/mol. The van der Waals surface area contributed by atoms with Gasteiger partial charge in [-0.3, -0.25) is 15.0 Å². The van der Waals surface area contributed by atoms with E-state index in [-0.39, 0.29) is 12.5 Å². The number of nitriles is 1. The Balaban J connectivity index is 1.84. The molecular formula is C21H18N4O3. The van der Waals surface area contributed by atoms with E-state index >= 15 is 0 Å². The van der Waals surface area contributed by atoms with Crippen LogP contribution in [0.1, 0.15) is 12.5 Å². The van der Waals surface area contributed by atoms with Crippen LogP contribution in [0.25, 0.3) is 22.2 Å². The van der Waals surface area contributed by atoms with Gasteiger partial charge in [0.2, 0.25) is 5.91 Å². The highest BCUT2D eigenvalue weighted by molar-refractivity contribution is 6.12. The van der Waals surface area contributed by atoms with E-state index in [1.54, 1.807) is 19.2 Å². The number of carbonyl (C=O) groups excluding carboxylic acids is 2. The van der Waals surface area contributed by atoms with Crippen molar-refractivity contribution >= 4 is 28.5 Å². The van der Waals surface area contributed by atoms with Crippen LogP contribution < -0.4 is 15.0 Å². The highest BCUT2D eigenvalue weighted by Gasteiger charge is 2.28. The third-order valence-electron chi connectivity index (χ3n) is 4.95. The van der Waals surface area contributed by atoms with E-state index < -0.39 is 6.03 Å². The van der Waals surface area contributed by atoms with Crippen LogP contribution in [0.5, 0.6) is 5.75 Å². The first-order valence-electron chi connectivity index (χ1n) is 8.89. The van der Waals surface area contributed by atoms with E-state index in [4.69, 9.17) is 4.74 Å². The number of imide groups is 1. The molecule has 4 rings (SSSR count). The maximum absolute atomic E-state index is 11.9. The Morgan fingerprint density at radius 3 is 2.50 bits per heavy atom. The molecule has 7 heteroatoms. The molecule has 0 bridgehead atoms. The summed E-state index contributed by atoms with van der Waals surface area (Å²) in [4.78, 5) is 24.7. The molecule has 0 radical (unpaired) electrons. The monoisotopic (exact) mass is 374 g/mol. The van der Waals surface area contributed by atoms with E-state index in [1.165, 1.54) is 4.90 Å². The number of anilines is 1. The number of benzene rings is 2. The van der Waals surface area contributed by atoms with Crippen molar-refractivity contribution in [3.63, 3.8) is 0 Å². The number of hydrogen-bond donors (Lipinski definition) is 1. The lowest BCUT2D eigenvalue weighted by atomic mass is 10.1. The highest BCUT2D eigenvalue weighted by atomic mass is 16.5. The van der Waals surface area contributed by atoms with Gasteiger partial charge in [0.25, 0.3) is 0 Å². The van der Waals surface area contributed by atoms with Crippen LogP contribution in [-0.2, 0) is 11.3 Å². The van der Waals surface area contributed by atoms with Crippen LogP contribution in [0, 0.1) is 11.3 Å². The van der Waals surface area contributed by atoms with Crippen LogP contribution in [-0.4, -0.2) is 30.2 Å². The van der Waals surface area contributed by atoms with Crippen molar-refractivity contribution in [2.24, 2.45) is 0 Å². The molecule has 0 spiro atoms. The molecule has 1 aromatic heterocycles. The lowest BCUT2D eigenvalue weighted by molar-refractivity contribution is -0.117. The van der Waals surface area contributed by atoms with E-state index in [2.05, 4.69) is 16.0 Å². The Morgan fingerprint density at radius 1 is 1.18 bits per heavy atom. The summed E-state index contributed by atoms with van der Waals surface area (Å²) in [6, 6.07) is 14.9. The van der Waals surface area contributed by atoms with E-state index in [0.717, 1.165) is 27.9 Å². The maximum atomic E-state index is 11.9. The van der Waals surface area contributed by atoms with Crippen LogP contribution in [0.2, 0.25) is 0 Å². The number of rotatable bonds is 4. The first kappa shape index (κ1) is 17.6. The fraction of sp³-hybridized carbons (Fsp3) is 0.190. The third-order valence-corrected chi connectivity index (χ3v) is 4.95. The number of hydrogen-bond acceptors (Lipinski definition) is 4. The molecule has 140 valence electrons. The number of aromatic nitrogens is 1. The van der Waals surface area contributed by atoms with Gasteiger partial charge in [0, 0.05) is 23.7 Å². The molecule has 1 aliphatic heterocycles. The normalized spacial score (nSPS) is 13.7. The minimum atomic E-state index is -0.426. The molecule has 3 amide bonds. The van der Waals surface area contributed by atoms with Crippen molar-refractivity contribution in [3.05, 3.63) is 48.0 Å². The fourth-order valence-corrected chi connectivity index (χ4v) is 3.65. The van der Waals surface area contributed by atoms with Gasteiger partial charge in [-0.1, -0.05) is 12.1 Å². The third kappa shape index (κ3) is 2.67. The van der Waals surface area contributed by atoms with Gasteiger partial charge in [-0.2, -0.15) is 5.26 Å². The highest BCUT2D eigenvalue weighted by Crippen LogP contribution is 2.36. The zero-order valence-corrected chi connectivity index (χ0v) is 15.5. The standard InChI is InChI=1S/C21H18N4O3/c1-3-24-18-10-15(28-2)8-9-16(18)17(11-22)20(24)13-4-6-14(7-5-13)25-12-19(26)23-21(25)27/h4-10H,3,12H2,1-2H3,(H,23,26,27). The Morgan fingerprint density at radius 2 is 1.93 bits per heavy atom. The smallest absolute Gasteiger partial charge is 0.329 e. The second-order valence-electron chi connectivity index (χ2n) is 6.45. The summed E-state index contributed by atoms with van der Waals surface area (Å²) in [5.41, 5.74) is 3.85. The molecule has 1 aliphatic rings. The summed E-state index contributed by atoms with van der Waals surface area (Å²) in [6.45, 7) is 2.72. The van der Waals surface area contributed by atoms with Gasteiger partial charge >= 0.3 is 6.03 Å². The first-order valence-corrected chi connectivity index (χ1v) is 8.89. The molecule has 1 fully saturated rings. The quantitative estimate of drug-likeness (QED) is 0.710. The molecule has 0 aliphatic carbocycles. The Hall–Kier alpha value is -3.79. The molecule has 0 saturated carbocycles. The summed E-state index contributed by atoms with van der Waals surface area (Å²) in [6.07, 6.45) is 0. The predicted octanol–water partition coefficient (Wildman–Crippen LogP) is 3.26. The average molecular weight is 374 g/mol. The fourth-order valence-electron chi connectivity index (χ4n) is 3.65. The van der Waals surface area contributed by atoms with Gasteiger partial charge in [0.1, 0.15) is 18.4 Å². The van der Waals surface area contributed by atoms with E-state index in [9.17, 15) is 14.9 Å². The Labute approximate surface area is 161 Å². The van der Waals surface area contributed by atoms with Crippen molar-refractivity contribution in [3.8, 4) is 23.1 Å². The summed E-state index contributed by atoms with van der Waals surface area (Å²) in [7, 11) is 1.62. The average Bonchev–Trinajstić information content (AvgIpc) is 3.22. The second-order valence-corrected chi connectivity index (χ2v) is 6.45. The van der Waals surface area contributed by atoms with E-state index in [1.807, 2.05) is 37.3 Å². The lowest BCUT2D eigenvalue weighted by Gasteiger charge is -2.14. The summed E-state index contributed by atoms with van der Waals surface area (Å²) in [5, 5.41) is 12.9. The first-order chi connectivity index (χ1) is 13.6. The number of nitrogens with zero attached hydrogens (tertiary/aromatic N) is 3. The van der Waals surface area contributed by atoms with Crippen molar-refractivity contribution in [2.75, 3.05) is 18.6 Å². The molecule has 0 atom stereocenters. The van der Waals surface area contributed by atoms with Crippen LogP contribution >= 0.6 is 0 Å². The molecule has 1 N–H and O–H groups in total. The Bertz CT molecular complexity index is 1140. The minimum absolute atomic E-state index is 0.0106. The van der Waals surface area contributed by atoms with Crippen LogP contribution in [0.15, 0.2) is 42.5 Å². The minimum Gasteiger partial charge on any atom is -0.497 e. The molecule has 0 unspecified atom stereocenters. The molecule has 2 heterocycles. The number of amides is 3. The molecular weight excluding hydrogens is 356 g/mol. The van der Waals surface area contributed by atoms with Gasteiger partial charge < -0.3 is 9.30 Å². The zero-order valence-electron chi connectivity index (χ0n) is 15.5. The number of ether oxygens (including phenoxy) is 1. The zero-order chi connectivity index (χ0) is 19.8. The molecule has 2 aromatic carbocycles. The van der Waals surface area contributed by atoms with Gasteiger partial charge in [-0.25, -0.2) is 4.79 Å². The number of fused-ring (bicyclic) bond motifs is 1. The van der Waals surface area contributed by atoms with Crippen molar-refractivity contribution < 1.29 is 14.3 Å². The van der Waals surface area contributed by atoms with Crippen molar-refractivity contribution in [2.45, 2.75) is 13.5 Å². The molecule has 28 heavy (non-hydrogen) atoms. The number of carbonyl (C=O) groups is 2. The number of aryl methyl sites for hydroxylation is 1. The number of methoxy groups -OCH3 is 1. The summed E-state index contributed by atoms with van der Waals surface area (Å²) in [5.74, 6) is 0.414. The van der Waals surface area contributed by atoms with Crippen LogP contribution in [0.4, 0.5) is 10.5 Å². The van der Waals surface area contributed by atoms with Crippen LogP contribution in [0.3, 0.4) is 0 Å². The number of urea groups is 1. The largest absolute Gasteiger partial charge is 0.497 e. The topological polar surface area (TPSA) is 87.4 Å². The Kier molecular flexibility index (Phi) is 4.24. The molecule has 1 saturated heterocycles.